The summed E-state index contributed by atoms with van der Waals surface area (Å²) in [6.45, 7) is 7.63. The van der Waals surface area contributed by atoms with Gasteiger partial charge in [-0.3, -0.25) is 0 Å². The fourth-order valence-corrected chi connectivity index (χ4v) is 3.09. The highest BCUT2D eigenvalue weighted by atomic mass is 32.1. The van der Waals surface area contributed by atoms with Gasteiger partial charge in [-0.1, -0.05) is 6.92 Å². The van der Waals surface area contributed by atoms with E-state index >= 15 is 0 Å². The van der Waals surface area contributed by atoms with Crippen molar-refractivity contribution in [2.24, 2.45) is 0 Å². The van der Waals surface area contributed by atoms with Gasteiger partial charge in [0.25, 0.3) is 0 Å². The summed E-state index contributed by atoms with van der Waals surface area (Å²) in [4.78, 5) is 18.3. The Labute approximate surface area is 118 Å². The fourth-order valence-electron chi connectivity index (χ4n) is 2.34. The summed E-state index contributed by atoms with van der Waals surface area (Å²) in [6.07, 6.45) is 2.33. The molecule has 1 saturated heterocycles. The van der Waals surface area contributed by atoms with Crippen molar-refractivity contribution in [1.29, 1.82) is 0 Å². The van der Waals surface area contributed by atoms with Crippen LogP contribution < -0.4 is 5.32 Å². The van der Waals surface area contributed by atoms with Gasteiger partial charge in [0.2, 0.25) is 0 Å². The third kappa shape index (κ3) is 3.67. The van der Waals surface area contributed by atoms with Gasteiger partial charge in [-0.2, -0.15) is 0 Å². The van der Waals surface area contributed by atoms with Crippen LogP contribution in [0.15, 0.2) is 5.51 Å². The van der Waals surface area contributed by atoms with E-state index in [-0.39, 0.29) is 5.97 Å². The molecule has 0 amide bonds. The smallest absolute Gasteiger partial charge is 0.360 e. The van der Waals surface area contributed by atoms with Crippen LogP contribution in [0.2, 0.25) is 0 Å². The first-order chi connectivity index (χ1) is 9.24. The Morgan fingerprint density at radius 3 is 3.21 bits per heavy atom. The van der Waals surface area contributed by atoms with Crippen molar-refractivity contribution in [1.82, 2.24) is 9.88 Å². The summed E-state index contributed by atoms with van der Waals surface area (Å²) < 4.78 is 5.01. The van der Waals surface area contributed by atoms with E-state index in [2.05, 4.69) is 22.1 Å². The molecule has 0 aromatic carbocycles. The van der Waals surface area contributed by atoms with Crippen LogP contribution in [-0.4, -0.2) is 48.1 Å². The number of carbonyl (C=O) groups is 1. The average Bonchev–Trinajstić information content (AvgIpc) is 2.87. The number of ether oxygens (including phenoxy) is 1. The van der Waals surface area contributed by atoms with Crippen molar-refractivity contribution < 1.29 is 9.53 Å². The number of thiazole rings is 1. The van der Waals surface area contributed by atoms with Crippen LogP contribution in [0.3, 0.4) is 0 Å². The zero-order valence-corrected chi connectivity index (χ0v) is 12.3. The number of anilines is 1. The molecular weight excluding hydrogens is 262 g/mol. The largest absolute Gasteiger partial charge is 0.461 e. The summed E-state index contributed by atoms with van der Waals surface area (Å²) >= 11 is 1.46. The zero-order valence-electron chi connectivity index (χ0n) is 11.5. The summed E-state index contributed by atoms with van der Waals surface area (Å²) in [5, 5.41) is 4.28. The number of carbonyl (C=O) groups excluding carboxylic acids is 1. The van der Waals surface area contributed by atoms with Crippen molar-refractivity contribution >= 4 is 22.3 Å². The van der Waals surface area contributed by atoms with E-state index in [1.54, 1.807) is 12.4 Å². The van der Waals surface area contributed by atoms with Crippen LogP contribution in [0.25, 0.3) is 0 Å². The Hall–Kier alpha value is -1.14. The van der Waals surface area contributed by atoms with Crippen molar-refractivity contribution in [3.63, 3.8) is 0 Å². The SMILES string of the molecule is CCOC(=O)c1ncsc1NC1CCCN(CC)C1. The predicted molar refractivity (Wildman–Crippen MR) is 76.8 cm³/mol. The molecule has 5 nitrogen and oxygen atoms in total. The lowest BCUT2D eigenvalue weighted by Gasteiger charge is -2.32. The van der Waals surface area contributed by atoms with E-state index in [9.17, 15) is 4.79 Å². The Morgan fingerprint density at radius 1 is 1.63 bits per heavy atom. The number of hydrogen-bond donors (Lipinski definition) is 1. The van der Waals surface area contributed by atoms with Crippen LogP contribution in [0.5, 0.6) is 0 Å². The molecule has 0 saturated carbocycles. The molecule has 6 heteroatoms. The second-order valence-corrected chi connectivity index (χ2v) is 5.48. The number of aromatic nitrogens is 1. The van der Waals surface area contributed by atoms with Gasteiger partial charge < -0.3 is 15.0 Å². The van der Waals surface area contributed by atoms with Crippen LogP contribution in [0, 0.1) is 0 Å². The van der Waals surface area contributed by atoms with E-state index in [1.165, 1.54) is 24.3 Å². The lowest BCUT2D eigenvalue weighted by Crippen LogP contribution is -2.41. The van der Waals surface area contributed by atoms with Crippen LogP contribution in [0.4, 0.5) is 5.00 Å². The lowest BCUT2D eigenvalue weighted by atomic mass is 10.1. The van der Waals surface area contributed by atoms with Gasteiger partial charge >= 0.3 is 5.97 Å². The lowest BCUT2D eigenvalue weighted by molar-refractivity contribution is 0.0521. The molecule has 1 unspecified atom stereocenters. The highest BCUT2D eigenvalue weighted by Crippen LogP contribution is 2.24. The number of nitrogens with zero attached hydrogens (tertiary/aromatic N) is 2. The molecule has 0 aliphatic carbocycles. The molecule has 1 aromatic rings. The van der Waals surface area contributed by atoms with Gasteiger partial charge in [-0.05, 0) is 32.9 Å². The molecule has 1 aliphatic rings. The molecule has 1 N–H and O–H groups in total. The van der Waals surface area contributed by atoms with E-state index in [0.717, 1.165) is 24.5 Å². The second kappa shape index (κ2) is 6.86. The molecule has 0 spiro atoms. The third-order valence-corrected chi connectivity index (χ3v) is 4.08. The molecule has 1 atom stereocenters. The van der Waals surface area contributed by atoms with E-state index in [0.29, 0.717) is 18.3 Å². The van der Waals surface area contributed by atoms with Crippen LogP contribution in [0.1, 0.15) is 37.2 Å². The summed E-state index contributed by atoms with van der Waals surface area (Å²) in [7, 11) is 0. The van der Waals surface area contributed by atoms with E-state index in [4.69, 9.17) is 4.74 Å². The predicted octanol–water partition coefficient (Wildman–Crippen LogP) is 2.22. The maximum Gasteiger partial charge on any atom is 0.360 e. The van der Waals surface area contributed by atoms with E-state index in [1.807, 2.05) is 0 Å². The summed E-state index contributed by atoms with van der Waals surface area (Å²) in [6, 6.07) is 0.391. The quantitative estimate of drug-likeness (QED) is 0.840. The highest BCUT2D eigenvalue weighted by molar-refractivity contribution is 7.14. The Balaban J connectivity index is 1.99. The van der Waals surface area contributed by atoms with Gasteiger partial charge in [0.15, 0.2) is 5.69 Å². The molecule has 1 aromatic heterocycles. The third-order valence-electron chi connectivity index (χ3n) is 3.32. The zero-order chi connectivity index (χ0) is 13.7. The molecule has 106 valence electrons. The molecule has 0 radical (unpaired) electrons. The molecule has 1 aliphatic heterocycles. The molecule has 0 bridgehead atoms. The minimum absolute atomic E-state index is 0.339. The van der Waals surface area contributed by atoms with Crippen molar-refractivity contribution in [3.8, 4) is 0 Å². The summed E-state index contributed by atoms with van der Waals surface area (Å²) in [5.41, 5.74) is 2.11. The first-order valence-electron chi connectivity index (χ1n) is 6.84. The van der Waals surface area contributed by atoms with Crippen molar-refractivity contribution in [2.45, 2.75) is 32.7 Å². The van der Waals surface area contributed by atoms with Gasteiger partial charge in [0.1, 0.15) is 5.00 Å². The first kappa shape index (κ1) is 14.3. The van der Waals surface area contributed by atoms with Gasteiger partial charge in [0, 0.05) is 12.6 Å². The average molecular weight is 283 g/mol. The van der Waals surface area contributed by atoms with Gasteiger partial charge in [-0.15, -0.1) is 11.3 Å². The standard InChI is InChI=1S/C13H21N3O2S/c1-3-16-7-5-6-10(8-16)15-12-11(14-9-19-12)13(17)18-4-2/h9-10,15H,3-8H2,1-2H3. The maximum atomic E-state index is 11.8. The number of nitrogens with one attached hydrogen (secondary N) is 1. The Morgan fingerprint density at radius 2 is 2.47 bits per heavy atom. The number of rotatable bonds is 5. The molecule has 19 heavy (non-hydrogen) atoms. The minimum Gasteiger partial charge on any atom is -0.461 e. The van der Waals surface area contributed by atoms with Crippen molar-refractivity contribution in [3.05, 3.63) is 11.2 Å². The number of piperidine rings is 1. The van der Waals surface area contributed by atoms with E-state index < -0.39 is 0 Å². The van der Waals surface area contributed by atoms with Gasteiger partial charge in [0.05, 0.1) is 12.1 Å². The topological polar surface area (TPSA) is 54.5 Å². The molecule has 2 rings (SSSR count). The maximum absolute atomic E-state index is 11.8. The summed E-state index contributed by atoms with van der Waals surface area (Å²) in [5.74, 6) is -0.339. The van der Waals surface area contributed by atoms with Crippen LogP contribution >= 0.6 is 11.3 Å². The molecular formula is C13H21N3O2S. The number of likely N-dealkylation sites (N-methyl/N-ethyl adjacent to an activating group) is 1. The Bertz CT molecular complexity index is 422. The monoisotopic (exact) mass is 283 g/mol. The Kier molecular flexibility index (Phi) is 5.15. The number of likely N-dealkylation sites (tertiary alicyclic amines) is 1. The van der Waals surface area contributed by atoms with Crippen molar-refractivity contribution in [2.75, 3.05) is 31.6 Å². The minimum atomic E-state index is -0.339. The van der Waals surface area contributed by atoms with Gasteiger partial charge in [-0.25, -0.2) is 9.78 Å². The number of esters is 1. The fraction of sp³-hybridized carbons (Fsp3) is 0.692. The first-order valence-corrected chi connectivity index (χ1v) is 7.72. The molecule has 1 fully saturated rings. The number of hydrogen-bond acceptors (Lipinski definition) is 6. The van der Waals surface area contributed by atoms with Crippen LogP contribution in [-0.2, 0) is 4.74 Å². The second-order valence-electron chi connectivity index (χ2n) is 4.63. The highest BCUT2D eigenvalue weighted by Gasteiger charge is 2.22. The normalized spacial score (nSPS) is 20.2. The molecule has 2 heterocycles.